The molecule has 3 aromatic rings. The third-order valence-corrected chi connectivity index (χ3v) is 4.67. The second-order valence-electron chi connectivity index (χ2n) is 6.66. The number of hydrogen-bond donors (Lipinski definition) is 1. The van der Waals surface area contributed by atoms with Crippen LogP contribution in [0.2, 0.25) is 0 Å². The van der Waals surface area contributed by atoms with Gasteiger partial charge in [-0.2, -0.15) is 0 Å². The van der Waals surface area contributed by atoms with Gasteiger partial charge in [0.1, 0.15) is 6.04 Å². The topological polar surface area (TPSA) is 57.6 Å². The van der Waals surface area contributed by atoms with Gasteiger partial charge in [-0.3, -0.25) is 4.79 Å². The largest absolute Gasteiger partial charge is 0.480 e. The SMILES string of the molecule is [C]#Cc1ccc(C(=O)N(Cc2ccccc2)[C@@H](Cc2ccccc2)C(=O)O)cc1. The molecular formula is C25H20NO3. The van der Waals surface area contributed by atoms with E-state index in [4.69, 9.17) is 6.42 Å². The van der Waals surface area contributed by atoms with Crippen LogP contribution >= 0.6 is 0 Å². The number of carboxylic acid groups (broad SMARTS) is 1. The molecule has 3 rings (SSSR count). The summed E-state index contributed by atoms with van der Waals surface area (Å²) in [5.41, 5.74) is 2.62. The monoisotopic (exact) mass is 382 g/mol. The summed E-state index contributed by atoms with van der Waals surface area (Å²) < 4.78 is 0. The first-order valence-electron chi connectivity index (χ1n) is 9.23. The van der Waals surface area contributed by atoms with E-state index in [1.165, 1.54) is 4.90 Å². The van der Waals surface area contributed by atoms with Crippen molar-refractivity contribution in [1.82, 2.24) is 4.90 Å². The lowest BCUT2D eigenvalue weighted by atomic mass is 10.0. The zero-order chi connectivity index (χ0) is 20.6. The molecule has 0 saturated carbocycles. The van der Waals surface area contributed by atoms with Crippen LogP contribution in [-0.2, 0) is 17.8 Å². The van der Waals surface area contributed by atoms with Crippen LogP contribution in [0, 0.1) is 12.3 Å². The fraction of sp³-hybridized carbons (Fsp3) is 0.120. The van der Waals surface area contributed by atoms with E-state index in [1.54, 1.807) is 24.3 Å². The maximum absolute atomic E-state index is 13.3. The van der Waals surface area contributed by atoms with Gasteiger partial charge in [0.05, 0.1) is 0 Å². The molecule has 0 aliphatic carbocycles. The lowest BCUT2D eigenvalue weighted by Gasteiger charge is -2.29. The van der Waals surface area contributed by atoms with E-state index < -0.39 is 12.0 Å². The molecule has 0 aliphatic heterocycles. The van der Waals surface area contributed by atoms with Crippen molar-refractivity contribution in [2.24, 2.45) is 0 Å². The number of carbonyl (C=O) groups excluding carboxylic acids is 1. The third-order valence-electron chi connectivity index (χ3n) is 4.67. The Kier molecular flexibility index (Phi) is 6.44. The average molecular weight is 382 g/mol. The molecule has 0 aliphatic rings. The van der Waals surface area contributed by atoms with E-state index in [2.05, 4.69) is 5.92 Å². The van der Waals surface area contributed by atoms with Crippen LogP contribution in [0.25, 0.3) is 0 Å². The van der Waals surface area contributed by atoms with Gasteiger partial charge < -0.3 is 10.0 Å². The Hall–Kier alpha value is -3.84. The van der Waals surface area contributed by atoms with E-state index in [0.29, 0.717) is 11.1 Å². The Morgan fingerprint density at radius 3 is 1.93 bits per heavy atom. The first kappa shape index (κ1) is 19.9. The van der Waals surface area contributed by atoms with Gasteiger partial charge in [0, 0.05) is 24.1 Å². The van der Waals surface area contributed by atoms with E-state index in [9.17, 15) is 14.7 Å². The normalized spacial score (nSPS) is 11.3. The fourth-order valence-electron chi connectivity index (χ4n) is 3.13. The van der Waals surface area contributed by atoms with Gasteiger partial charge in [0.2, 0.25) is 0 Å². The number of aliphatic carboxylic acids is 1. The highest BCUT2D eigenvalue weighted by Crippen LogP contribution is 2.18. The molecule has 0 fully saturated rings. The number of amides is 1. The smallest absolute Gasteiger partial charge is 0.326 e. The molecule has 3 aromatic carbocycles. The Morgan fingerprint density at radius 1 is 0.862 bits per heavy atom. The summed E-state index contributed by atoms with van der Waals surface area (Å²) in [5.74, 6) is 0.847. The molecule has 0 heterocycles. The molecule has 1 radical (unpaired) electrons. The maximum atomic E-state index is 13.3. The Balaban J connectivity index is 1.96. The van der Waals surface area contributed by atoms with Crippen molar-refractivity contribution < 1.29 is 14.7 Å². The molecule has 0 bridgehead atoms. The number of benzene rings is 3. The van der Waals surface area contributed by atoms with Crippen molar-refractivity contribution >= 4 is 11.9 Å². The number of carboxylic acids is 1. The molecule has 4 heteroatoms. The van der Waals surface area contributed by atoms with Crippen LogP contribution in [0.4, 0.5) is 0 Å². The quantitative estimate of drug-likeness (QED) is 0.629. The Morgan fingerprint density at radius 2 is 1.41 bits per heavy atom. The molecule has 4 nitrogen and oxygen atoms in total. The summed E-state index contributed by atoms with van der Waals surface area (Å²) in [4.78, 5) is 26.8. The summed E-state index contributed by atoms with van der Waals surface area (Å²) in [7, 11) is 0. The van der Waals surface area contributed by atoms with Crippen molar-refractivity contribution in [3.8, 4) is 5.92 Å². The first-order chi connectivity index (χ1) is 14.1. The molecular weight excluding hydrogens is 362 g/mol. The zero-order valence-electron chi connectivity index (χ0n) is 15.8. The van der Waals surface area contributed by atoms with Gasteiger partial charge >= 0.3 is 5.97 Å². The first-order valence-corrected chi connectivity index (χ1v) is 9.23. The summed E-state index contributed by atoms with van der Waals surface area (Å²) in [5, 5.41) is 9.93. The van der Waals surface area contributed by atoms with E-state index in [-0.39, 0.29) is 18.9 Å². The summed E-state index contributed by atoms with van der Waals surface area (Å²) in [6.45, 7) is 0.182. The minimum atomic E-state index is -1.05. The van der Waals surface area contributed by atoms with Crippen LogP contribution in [0.1, 0.15) is 27.0 Å². The molecule has 29 heavy (non-hydrogen) atoms. The standard InChI is InChI=1S/C25H20NO3/c1-2-19-13-15-22(16-14-19)24(27)26(18-21-11-7-4-8-12-21)23(25(28)29)17-20-9-5-3-6-10-20/h3-16,23H,17-18H2,(H,28,29)/t23-/m0/s1. The maximum Gasteiger partial charge on any atom is 0.326 e. The van der Waals surface area contributed by atoms with Crippen molar-refractivity contribution in [1.29, 1.82) is 0 Å². The minimum absolute atomic E-state index is 0.182. The lowest BCUT2D eigenvalue weighted by molar-refractivity contribution is -0.142. The molecule has 0 unspecified atom stereocenters. The molecule has 1 atom stereocenters. The van der Waals surface area contributed by atoms with Crippen LogP contribution < -0.4 is 0 Å². The van der Waals surface area contributed by atoms with Gasteiger partial charge in [0.15, 0.2) is 0 Å². The molecule has 0 spiro atoms. The van der Waals surface area contributed by atoms with Crippen molar-refractivity contribution in [3.05, 3.63) is 114 Å². The second-order valence-corrected chi connectivity index (χ2v) is 6.66. The van der Waals surface area contributed by atoms with Crippen molar-refractivity contribution in [2.75, 3.05) is 0 Å². The Labute approximate surface area is 170 Å². The van der Waals surface area contributed by atoms with E-state index >= 15 is 0 Å². The van der Waals surface area contributed by atoms with Crippen LogP contribution in [-0.4, -0.2) is 27.9 Å². The fourth-order valence-corrected chi connectivity index (χ4v) is 3.13. The zero-order valence-corrected chi connectivity index (χ0v) is 15.8. The number of hydrogen-bond acceptors (Lipinski definition) is 2. The number of rotatable bonds is 7. The van der Waals surface area contributed by atoms with E-state index in [1.807, 2.05) is 60.7 Å². The number of nitrogens with zero attached hydrogens (tertiary/aromatic N) is 1. The average Bonchev–Trinajstić information content (AvgIpc) is 2.77. The highest BCUT2D eigenvalue weighted by atomic mass is 16.4. The van der Waals surface area contributed by atoms with Crippen LogP contribution in [0.15, 0.2) is 84.9 Å². The lowest BCUT2D eigenvalue weighted by Crippen LogP contribution is -2.46. The van der Waals surface area contributed by atoms with Gasteiger partial charge in [-0.05, 0) is 41.8 Å². The molecule has 1 amide bonds. The van der Waals surface area contributed by atoms with Crippen molar-refractivity contribution in [2.45, 2.75) is 19.0 Å². The van der Waals surface area contributed by atoms with Gasteiger partial charge in [-0.25, -0.2) is 4.79 Å². The van der Waals surface area contributed by atoms with E-state index in [0.717, 1.165) is 11.1 Å². The Bertz CT molecular complexity index is 1010. The molecule has 0 saturated heterocycles. The molecule has 0 aromatic heterocycles. The predicted octanol–water partition coefficient (Wildman–Crippen LogP) is 3.96. The highest BCUT2D eigenvalue weighted by molar-refractivity contribution is 5.96. The second kappa shape index (κ2) is 9.38. The van der Waals surface area contributed by atoms with Gasteiger partial charge in [0.25, 0.3) is 5.91 Å². The summed E-state index contributed by atoms with van der Waals surface area (Å²) >= 11 is 0. The third kappa shape index (κ3) is 5.12. The highest BCUT2D eigenvalue weighted by Gasteiger charge is 2.30. The summed E-state index contributed by atoms with van der Waals surface area (Å²) in [6, 6.07) is 24.0. The minimum Gasteiger partial charge on any atom is -0.480 e. The molecule has 143 valence electrons. The predicted molar refractivity (Wildman–Crippen MR) is 111 cm³/mol. The van der Waals surface area contributed by atoms with Crippen molar-refractivity contribution in [3.63, 3.8) is 0 Å². The van der Waals surface area contributed by atoms with Gasteiger partial charge in [-0.1, -0.05) is 66.6 Å². The van der Waals surface area contributed by atoms with Crippen LogP contribution in [0.3, 0.4) is 0 Å². The molecule has 1 N–H and O–H groups in total. The van der Waals surface area contributed by atoms with Crippen LogP contribution in [0.5, 0.6) is 0 Å². The summed E-state index contributed by atoms with van der Waals surface area (Å²) in [6.07, 6.45) is 7.39. The number of carbonyl (C=O) groups is 2. The van der Waals surface area contributed by atoms with Gasteiger partial charge in [-0.15, -0.1) is 0 Å².